The monoisotopic (exact) mass is 361 g/mol. The van der Waals surface area contributed by atoms with Gasteiger partial charge in [-0.3, -0.25) is 9.89 Å². The Labute approximate surface area is 153 Å². The molecule has 7 heteroatoms. The van der Waals surface area contributed by atoms with Gasteiger partial charge in [-0.05, 0) is 44.4 Å². The Morgan fingerprint density at radius 1 is 1.36 bits per heavy atom. The Morgan fingerprint density at radius 2 is 2.24 bits per heavy atom. The van der Waals surface area contributed by atoms with Crippen molar-refractivity contribution >= 4 is 24.0 Å². The number of benzene rings is 1. The molecule has 1 aliphatic carbocycles. The fourth-order valence-electron chi connectivity index (χ4n) is 4.15. The Balaban J connectivity index is 0.00000182. The fraction of sp³-hybridized carbons (Fsp3) is 0.500. The minimum absolute atomic E-state index is 0. The summed E-state index contributed by atoms with van der Waals surface area (Å²) in [7, 11) is 0. The summed E-state index contributed by atoms with van der Waals surface area (Å²) in [5.41, 5.74) is 1.47. The predicted octanol–water partition coefficient (Wildman–Crippen LogP) is 2.92. The van der Waals surface area contributed by atoms with E-state index < -0.39 is 0 Å². The zero-order chi connectivity index (χ0) is 16.6. The van der Waals surface area contributed by atoms with Gasteiger partial charge in [-0.1, -0.05) is 25.0 Å². The van der Waals surface area contributed by atoms with Crippen molar-refractivity contribution in [2.45, 2.75) is 32.6 Å². The number of carbonyl (C=O) groups is 1. The van der Waals surface area contributed by atoms with E-state index >= 15 is 0 Å². The molecule has 0 spiro atoms. The van der Waals surface area contributed by atoms with Crippen molar-refractivity contribution in [2.24, 2.45) is 11.3 Å². The number of halogens is 1. The van der Waals surface area contributed by atoms with Crippen LogP contribution in [0.15, 0.2) is 24.3 Å². The Kier molecular flexibility index (Phi) is 5.11. The number of nitrogens with one attached hydrogen (secondary N) is 3. The zero-order valence-electron chi connectivity index (χ0n) is 14.3. The average Bonchev–Trinajstić information content (AvgIpc) is 3.22. The highest BCUT2D eigenvalue weighted by Gasteiger charge is 2.49. The second-order valence-corrected chi connectivity index (χ2v) is 7.01. The molecule has 4 rings (SSSR count). The number of rotatable bonds is 3. The van der Waals surface area contributed by atoms with E-state index in [1.807, 2.05) is 31.2 Å². The number of hydrogen-bond acceptors (Lipinski definition) is 4. The molecule has 1 saturated carbocycles. The van der Waals surface area contributed by atoms with Crippen LogP contribution in [0.4, 0.5) is 5.69 Å². The fourth-order valence-corrected chi connectivity index (χ4v) is 4.15. The van der Waals surface area contributed by atoms with Crippen LogP contribution in [-0.4, -0.2) is 34.2 Å². The molecule has 1 saturated heterocycles. The van der Waals surface area contributed by atoms with E-state index in [0.717, 1.165) is 49.4 Å². The molecule has 25 heavy (non-hydrogen) atoms. The number of carbonyl (C=O) groups excluding carboxylic acids is 1. The van der Waals surface area contributed by atoms with Crippen molar-refractivity contribution in [3.63, 3.8) is 0 Å². The van der Waals surface area contributed by atoms with E-state index in [2.05, 4.69) is 25.8 Å². The quantitative estimate of drug-likeness (QED) is 0.785. The number of nitrogens with zero attached hydrogens (tertiary/aromatic N) is 2. The zero-order valence-corrected chi connectivity index (χ0v) is 15.2. The summed E-state index contributed by atoms with van der Waals surface area (Å²) in [6.07, 6.45) is 4.51. The number of aryl methyl sites for hydroxylation is 1. The first kappa shape index (κ1) is 17.9. The van der Waals surface area contributed by atoms with Gasteiger partial charge in [-0.25, -0.2) is 4.98 Å². The van der Waals surface area contributed by atoms with Gasteiger partial charge < -0.3 is 10.6 Å². The van der Waals surface area contributed by atoms with Gasteiger partial charge >= 0.3 is 0 Å². The van der Waals surface area contributed by atoms with Crippen molar-refractivity contribution in [1.29, 1.82) is 0 Å². The van der Waals surface area contributed by atoms with Crippen LogP contribution in [0.2, 0.25) is 0 Å². The maximum Gasteiger partial charge on any atom is 0.232 e. The minimum atomic E-state index is -0.241. The summed E-state index contributed by atoms with van der Waals surface area (Å²) in [5, 5.41) is 13.6. The highest BCUT2D eigenvalue weighted by atomic mass is 35.5. The molecule has 134 valence electrons. The van der Waals surface area contributed by atoms with Crippen LogP contribution < -0.4 is 10.6 Å². The third kappa shape index (κ3) is 3.28. The summed E-state index contributed by atoms with van der Waals surface area (Å²) in [6, 6.07) is 7.76. The number of aromatic nitrogens is 3. The first-order valence-corrected chi connectivity index (χ1v) is 8.69. The molecule has 0 bridgehead atoms. The molecule has 2 aromatic rings. The molecule has 1 aliphatic heterocycles. The number of fused-ring (bicyclic) bond motifs is 1. The van der Waals surface area contributed by atoms with Crippen LogP contribution in [0.5, 0.6) is 0 Å². The lowest BCUT2D eigenvalue weighted by Gasteiger charge is -2.37. The van der Waals surface area contributed by atoms with E-state index in [-0.39, 0.29) is 23.7 Å². The Morgan fingerprint density at radius 3 is 3.04 bits per heavy atom. The normalized spacial score (nSPS) is 25.1. The molecule has 1 aromatic heterocycles. The lowest BCUT2D eigenvalue weighted by molar-refractivity contribution is -0.128. The molecule has 2 heterocycles. The van der Waals surface area contributed by atoms with Gasteiger partial charge in [-0.15, -0.1) is 12.4 Å². The second-order valence-electron chi connectivity index (χ2n) is 7.01. The maximum absolute atomic E-state index is 13.0. The molecule has 2 aliphatic rings. The highest BCUT2D eigenvalue weighted by molar-refractivity contribution is 5.96. The van der Waals surface area contributed by atoms with Crippen LogP contribution in [0.1, 0.15) is 31.5 Å². The first-order chi connectivity index (χ1) is 11.7. The summed E-state index contributed by atoms with van der Waals surface area (Å²) in [4.78, 5) is 17.4. The van der Waals surface area contributed by atoms with Crippen molar-refractivity contribution in [3.05, 3.63) is 30.1 Å². The van der Waals surface area contributed by atoms with E-state index in [9.17, 15) is 4.79 Å². The van der Waals surface area contributed by atoms with Gasteiger partial charge in [-0.2, -0.15) is 5.10 Å². The van der Waals surface area contributed by atoms with Crippen molar-refractivity contribution in [3.8, 4) is 11.4 Å². The highest BCUT2D eigenvalue weighted by Crippen LogP contribution is 2.44. The molecule has 1 amide bonds. The summed E-state index contributed by atoms with van der Waals surface area (Å²) in [6.45, 7) is 3.63. The average molecular weight is 362 g/mol. The Hall–Kier alpha value is -1.92. The number of anilines is 1. The molecule has 2 atom stereocenters. The number of H-pyrrole nitrogens is 1. The third-order valence-corrected chi connectivity index (χ3v) is 5.47. The lowest BCUT2D eigenvalue weighted by atomic mass is 9.67. The number of hydrogen-bond donors (Lipinski definition) is 3. The maximum atomic E-state index is 13.0. The molecule has 0 radical (unpaired) electrons. The van der Waals surface area contributed by atoms with Gasteiger partial charge in [0.2, 0.25) is 5.91 Å². The molecule has 2 fully saturated rings. The van der Waals surface area contributed by atoms with Gasteiger partial charge in [0.1, 0.15) is 5.82 Å². The molecular weight excluding hydrogens is 338 g/mol. The van der Waals surface area contributed by atoms with Gasteiger partial charge in [0.15, 0.2) is 5.82 Å². The SMILES string of the molecule is Cc1nc(-c2cccc(NC(=O)[C@@]34CCCC[C@H]3CNC4)c2)n[nH]1.Cl. The van der Waals surface area contributed by atoms with Crippen LogP contribution in [0.25, 0.3) is 11.4 Å². The largest absolute Gasteiger partial charge is 0.326 e. The molecule has 0 unspecified atom stereocenters. The van der Waals surface area contributed by atoms with Crippen LogP contribution >= 0.6 is 12.4 Å². The van der Waals surface area contributed by atoms with Crippen LogP contribution in [0.3, 0.4) is 0 Å². The first-order valence-electron chi connectivity index (χ1n) is 8.69. The number of aromatic amines is 1. The van der Waals surface area contributed by atoms with Crippen LogP contribution in [0, 0.1) is 18.3 Å². The third-order valence-electron chi connectivity index (χ3n) is 5.47. The van der Waals surface area contributed by atoms with E-state index in [4.69, 9.17) is 0 Å². The Bertz CT molecular complexity index is 761. The predicted molar refractivity (Wildman–Crippen MR) is 99.7 cm³/mol. The second kappa shape index (κ2) is 7.14. The number of amides is 1. The van der Waals surface area contributed by atoms with E-state index in [0.29, 0.717) is 11.7 Å². The van der Waals surface area contributed by atoms with E-state index in [1.54, 1.807) is 0 Å². The van der Waals surface area contributed by atoms with E-state index in [1.165, 1.54) is 6.42 Å². The minimum Gasteiger partial charge on any atom is -0.326 e. The van der Waals surface area contributed by atoms with Crippen molar-refractivity contribution < 1.29 is 4.79 Å². The molecule has 1 aromatic carbocycles. The van der Waals surface area contributed by atoms with Gasteiger partial charge in [0, 0.05) is 17.8 Å². The van der Waals surface area contributed by atoms with Crippen LogP contribution in [-0.2, 0) is 4.79 Å². The smallest absolute Gasteiger partial charge is 0.232 e. The van der Waals surface area contributed by atoms with Crippen molar-refractivity contribution in [1.82, 2.24) is 20.5 Å². The molecular formula is C18H24ClN5O. The lowest BCUT2D eigenvalue weighted by Crippen LogP contribution is -2.44. The van der Waals surface area contributed by atoms with Gasteiger partial charge in [0.25, 0.3) is 0 Å². The summed E-state index contributed by atoms with van der Waals surface area (Å²) >= 11 is 0. The molecule has 3 N–H and O–H groups in total. The molecule has 6 nitrogen and oxygen atoms in total. The van der Waals surface area contributed by atoms with Crippen molar-refractivity contribution in [2.75, 3.05) is 18.4 Å². The topological polar surface area (TPSA) is 82.7 Å². The standard InChI is InChI=1S/C18H23N5O.ClH/c1-12-20-16(23-22-12)13-5-4-7-15(9-13)21-17(24)18-8-3-2-6-14(18)10-19-11-18;/h4-5,7,9,14,19H,2-3,6,8,10-11H2,1H3,(H,21,24)(H,20,22,23);1H/t14-,18+;/m0./s1. The van der Waals surface area contributed by atoms with Gasteiger partial charge in [0.05, 0.1) is 5.41 Å². The summed E-state index contributed by atoms with van der Waals surface area (Å²) in [5.74, 6) is 2.05. The summed E-state index contributed by atoms with van der Waals surface area (Å²) < 4.78 is 0.